The second-order valence-corrected chi connectivity index (χ2v) is 6.48. The van der Waals surface area contributed by atoms with Crippen LogP contribution in [-0.4, -0.2) is 24.9 Å². The average Bonchev–Trinajstić information content (AvgIpc) is 2.58. The molecule has 0 aliphatic carbocycles. The highest BCUT2D eigenvalue weighted by Gasteiger charge is 2.37. The second kappa shape index (κ2) is 8.22. The van der Waals surface area contributed by atoms with Crippen LogP contribution in [0.4, 0.5) is 26.3 Å². The zero-order valence-corrected chi connectivity index (χ0v) is 15.1. The zero-order chi connectivity index (χ0) is 21.1. The minimum atomic E-state index is -5.01. The number of hydrogen-bond donors (Lipinski definition) is 1. The fourth-order valence-electron chi connectivity index (χ4n) is 2.59. The molecular weight excluding hydrogens is 386 g/mol. The standard InChI is InChI=1S/C19H18F6N2O/c1-27(2)11-13-6-4-3-5-12(13)10-26-17(28)14-7-15(18(20,21)22)9-16(8-14)19(23,24)25/h3-9H,10-11H2,1-2H3,(H,26,28). The van der Waals surface area contributed by atoms with Gasteiger partial charge in [-0.3, -0.25) is 4.79 Å². The SMILES string of the molecule is CN(C)Cc1ccccc1CNC(=O)c1cc(C(F)(F)F)cc(C(F)(F)F)c1. The molecule has 0 saturated carbocycles. The van der Waals surface area contributed by atoms with E-state index in [1.54, 1.807) is 18.2 Å². The Morgan fingerprint density at radius 1 is 0.893 bits per heavy atom. The Kier molecular flexibility index (Phi) is 6.38. The van der Waals surface area contributed by atoms with Gasteiger partial charge >= 0.3 is 12.4 Å². The molecule has 0 aromatic heterocycles. The molecule has 0 heterocycles. The summed E-state index contributed by atoms with van der Waals surface area (Å²) in [5.41, 5.74) is -2.16. The summed E-state index contributed by atoms with van der Waals surface area (Å²) in [5, 5.41) is 2.39. The number of rotatable bonds is 5. The van der Waals surface area contributed by atoms with E-state index in [9.17, 15) is 31.1 Å². The highest BCUT2D eigenvalue weighted by molar-refractivity contribution is 5.94. The van der Waals surface area contributed by atoms with Crippen molar-refractivity contribution in [3.63, 3.8) is 0 Å². The van der Waals surface area contributed by atoms with Crippen LogP contribution in [0, 0.1) is 0 Å². The Bertz CT molecular complexity index is 811. The van der Waals surface area contributed by atoms with Gasteiger partial charge in [0.05, 0.1) is 11.1 Å². The quantitative estimate of drug-likeness (QED) is 0.732. The van der Waals surface area contributed by atoms with E-state index in [-0.39, 0.29) is 12.6 Å². The maximum absolute atomic E-state index is 12.9. The monoisotopic (exact) mass is 404 g/mol. The van der Waals surface area contributed by atoms with E-state index < -0.39 is 35.0 Å². The van der Waals surface area contributed by atoms with Gasteiger partial charge in [0.2, 0.25) is 0 Å². The van der Waals surface area contributed by atoms with Crippen LogP contribution in [-0.2, 0) is 25.4 Å². The molecule has 1 amide bonds. The summed E-state index contributed by atoms with van der Waals surface area (Å²) in [6, 6.07) is 7.90. The van der Waals surface area contributed by atoms with Gasteiger partial charge in [-0.1, -0.05) is 24.3 Å². The summed E-state index contributed by atoms with van der Waals surface area (Å²) < 4.78 is 77.5. The lowest BCUT2D eigenvalue weighted by molar-refractivity contribution is -0.143. The number of nitrogens with one attached hydrogen (secondary N) is 1. The molecule has 0 atom stereocenters. The van der Waals surface area contributed by atoms with Crippen LogP contribution >= 0.6 is 0 Å². The Morgan fingerprint density at radius 3 is 1.86 bits per heavy atom. The number of amides is 1. The van der Waals surface area contributed by atoms with E-state index in [0.717, 1.165) is 5.56 Å². The van der Waals surface area contributed by atoms with E-state index in [4.69, 9.17) is 0 Å². The van der Waals surface area contributed by atoms with Gasteiger partial charge in [-0.05, 0) is 43.4 Å². The van der Waals surface area contributed by atoms with Crippen LogP contribution in [0.15, 0.2) is 42.5 Å². The molecule has 9 heteroatoms. The molecule has 0 aliphatic heterocycles. The fourth-order valence-corrected chi connectivity index (χ4v) is 2.59. The third-order valence-electron chi connectivity index (χ3n) is 3.89. The number of carbonyl (C=O) groups excluding carboxylic acids is 1. The van der Waals surface area contributed by atoms with Crippen LogP contribution in [0.25, 0.3) is 0 Å². The molecule has 0 unspecified atom stereocenters. The van der Waals surface area contributed by atoms with Gasteiger partial charge in [0.25, 0.3) is 5.91 Å². The third kappa shape index (κ3) is 5.72. The van der Waals surface area contributed by atoms with Gasteiger partial charge in [-0.25, -0.2) is 0 Å². The zero-order valence-electron chi connectivity index (χ0n) is 15.1. The minimum Gasteiger partial charge on any atom is -0.348 e. The minimum absolute atomic E-state index is 0.0108. The van der Waals surface area contributed by atoms with E-state index in [1.807, 2.05) is 25.1 Å². The lowest BCUT2D eigenvalue weighted by Crippen LogP contribution is -2.25. The molecule has 0 spiro atoms. The third-order valence-corrected chi connectivity index (χ3v) is 3.89. The van der Waals surface area contributed by atoms with Crippen molar-refractivity contribution in [2.24, 2.45) is 0 Å². The van der Waals surface area contributed by atoms with Gasteiger partial charge in [-0.15, -0.1) is 0 Å². The lowest BCUT2D eigenvalue weighted by atomic mass is 10.0. The highest BCUT2D eigenvalue weighted by Crippen LogP contribution is 2.36. The smallest absolute Gasteiger partial charge is 0.348 e. The molecule has 0 aliphatic rings. The Labute approximate surface area is 158 Å². The first-order valence-corrected chi connectivity index (χ1v) is 8.17. The van der Waals surface area contributed by atoms with Crippen molar-refractivity contribution in [2.45, 2.75) is 25.4 Å². The molecular formula is C19H18F6N2O. The summed E-state index contributed by atoms with van der Waals surface area (Å²) in [5.74, 6) is -1.02. The van der Waals surface area contributed by atoms with Crippen LogP contribution in [0.2, 0.25) is 0 Å². The maximum atomic E-state index is 12.9. The fraction of sp³-hybridized carbons (Fsp3) is 0.316. The molecule has 28 heavy (non-hydrogen) atoms. The maximum Gasteiger partial charge on any atom is 0.416 e. The number of alkyl halides is 6. The van der Waals surface area contributed by atoms with Gasteiger partial charge in [0.1, 0.15) is 0 Å². The largest absolute Gasteiger partial charge is 0.416 e. The van der Waals surface area contributed by atoms with E-state index in [0.29, 0.717) is 24.2 Å². The normalized spacial score (nSPS) is 12.3. The first-order chi connectivity index (χ1) is 12.9. The summed E-state index contributed by atoms with van der Waals surface area (Å²) >= 11 is 0. The topological polar surface area (TPSA) is 32.3 Å². The summed E-state index contributed by atoms with van der Waals surface area (Å²) in [7, 11) is 3.69. The molecule has 2 rings (SSSR count). The van der Waals surface area contributed by atoms with Crippen molar-refractivity contribution >= 4 is 5.91 Å². The molecule has 3 nitrogen and oxygen atoms in total. The molecule has 2 aromatic carbocycles. The molecule has 2 aromatic rings. The molecule has 0 fully saturated rings. The number of benzene rings is 2. The Balaban J connectivity index is 2.28. The number of halogens is 6. The molecule has 0 bridgehead atoms. The van der Waals surface area contributed by atoms with Crippen LogP contribution < -0.4 is 5.32 Å². The van der Waals surface area contributed by atoms with Gasteiger partial charge in [0.15, 0.2) is 0 Å². The first kappa shape index (κ1) is 21.7. The van der Waals surface area contributed by atoms with Crippen molar-refractivity contribution in [1.29, 1.82) is 0 Å². The summed E-state index contributed by atoms with van der Waals surface area (Å²) in [6.07, 6.45) is -10.0. The highest BCUT2D eigenvalue weighted by atomic mass is 19.4. The van der Waals surface area contributed by atoms with Crippen LogP contribution in [0.5, 0.6) is 0 Å². The predicted octanol–water partition coefficient (Wildman–Crippen LogP) is 4.72. The summed E-state index contributed by atoms with van der Waals surface area (Å²) in [4.78, 5) is 14.1. The molecule has 152 valence electrons. The van der Waals surface area contributed by atoms with Crippen molar-refractivity contribution in [2.75, 3.05) is 14.1 Å². The number of nitrogens with zero attached hydrogens (tertiary/aromatic N) is 1. The van der Waals surface area contributed by atoms with Crippen LogP contribution in [0.3, 0.4) is 0 Å². The predicted molar refractivity (Wildman–Crippen MR) is 91.4 cm³/mol. The van der Waals surface area contributed by atoms with Crippen molar-refractivity contribution in [3.8, 4) is 0 Å². The van der Waals surface area contributed by atoms with E-state index >= 15 is 0 Å². The Morgan fingerprint density at radius 2 is 1.39 bits per heavy atom. The van der Waals surface area contributed by atoms with Crippen LogP contribution in [0.1, 0.15) is 32.6 Å². The van der Waals surface area contributed by atoms with Crippen molar-refractivity contribution in [1.82, 2.24) is 10.2 Å². The van der Waals surface area contributed by atoms with E-state index in [1.165, 1.54) is 0 Å². The molecule has 0 radical (unpaired) electrons. The van der Waals surface area contributed by atoms with Gasteiger partial charge in [0, 0.05) is 18.7 Å². The van der Waals surface area contributed by atoms with E-state index in [2.05, 4.69) is 5.32 Å². The van der Waals surface area contributed by atoms with Gasteiger partial charge < -0.3 is 10.2 Å². The Hall–Kier alpha value is -2.55. The van der Waals surface area contributed by atoms with Gasteiger partial charge in [-0.2, -0.15) is 26.3 Å². The number of carbonyl (C=O) groups is 1. The molecule has 0 saturated heterocycles. The molecule has 1 N–H and O–H groups in total. The number of hydrogen-bond acceptors (Lipinski definition) is 2. The second-order valence-electron chi connectivity index (χ2n) is 6.48. The first-order valence-electron chi connectivity index (χ1n) is 8.17. The lowest BCUT2D eigenvalue weighted by Gasteiger charge is -2.16. The van der Waals surface area contributed by atoms with Crippen molar-refractivity contribution < 1.29 is 31.1 Å². The summed E-state index contributed by atoms with van der Waals surface area (Å²) in [6.45, 7) is 0.536. The average molecular weight is 404 g/mol. The van der Waals surface area contributed by atoms with Crippen molar-refractivity contribution in [3.05, 3.63) is 70.3 Å².